The molecule has 3 nitrogen and oxygen atoms in total. The van der Waals surface area contributed by atoms with Crippen molar-refractivity contribution in [3.8, 4) is 0 Å². The van der Waals surface area contributed by atoms with Gasteiger partial charge in [-0.15, -0.1) is 0 Å². The van der Waals surface area contributed by atoms with Crippen LogP contribution in [-0.4, -0.2) is 44.3 Å². The molecule has 1 saturated heterocycles. The van der Waals surface area contributed by atoms with Crippen molar-refractivity contribution in [3.05, 3.63) is 0 Å². The summed E-state index contributed by atoms with van der Waals surface area (Å²) in [6.45, 7) is 6.33. The maximum absolute atomic E-state index is 5.46. The summed E-state index contributed by atoms with van der Waals surface area (Å²) in [5, 5.41) is 0. The lowest BCUT2D eigenvalue weighted by atomic mass is 10.1. The minimum atomic E-state index is 0.851. The quantitative estimate of drug-likeness (QED) is 0.654. The lowest BCUT2D eigenvalue weighted by Gasteiger charge is -2.18. The molecule has 3 heteroatoms. The van der Waals surface area contributed by atoms with E-state index in [9.17, 15) is 0 Å². The predicted octanol–water partition coefficient (Wildman–Crippen LogP) is 1.62. The molecule has 90 valence electrons. The second-order valence-electron chi connectivity index (χ2n) is 4.36. The molecule has 0 amide bonds. The summed E-state index contributed by atoms with van der Waals surface area (Å²) < 4.78 is 5.43. The fourth-order valence-corrected chi connectivity index (χ4v) is 2.03. The first kappa shape index (κ1) is 12.9. The van der Waals surface area contributed by atoms with Crippen molar-refractivity contribution < 1.29 is 4.74 Å². The zero-order valence-electron chi connectivity index (χ0n) is 9.92. The second-order valence-corrected chi connectivity index (χ2v) is 4.36. The van der Waals surface area contributed by atoms with Crippen molar-refractivity contribution in [2.45, 2.75) is 38.5 Å². The maximum atomic E-state index is 5.46. The van der Waals surface area contributed by atoms with Gasteiger partial charge < -0.3 is 15.4 Å². The highest BCUT2D eigenvalue weighted by atomic mass is 16.5. The summed E-state index contributed by atoms with van der Waals surface area (Å²) >= 11 is 0. The molecule has 1 rings (SSSR count). The van der Waals surface area contributed by atoms with Gasteiger partial charge in [0.2, 0.25) is 0 Å². The number of ether oxygens (including phenoxy) is 1. The maximum Gasteiger partial charge on any atom is 0.0593 e. The van der Waals surface area contributed by atoms with Gasteiger partial charge in [-0.2, -0.15) is 0 Å². The van der Waals surface area contributed by atoms with E-state index in [4.69, 9.17) is 10.5 Å². The van der Waals surface area contributed by atoms with Crippen LogP contribution in [0.3, 0.4) is 0 Å². The van der Waals surface area contributed by atoms with Crippen LogP contribution in [0.2, 0.25) is 0 Å². The Balaban J connectivity index is 1.89. The molecular formula is C12H26N2O. The topological polar surface area (TPSA) is 38.5 Å². The van der Waals surface area contributed by atoms with Crippen LogP contribution in [0.5, 0.6) is 0 Å². The molecule has 1 aliphatic heterocycles. The van der Waals surface area contributed by atoms with E-state index in [1.54, 1.807) is 0 Å². The van der Waals surface area contributed by atoms with Crippen LogP contribution in [0.4, 0.5) is 0 Å². The molecule has 0 aliphatic carbocycles. The Morgan fingerprint density at radius 1 is 0.933 bits per heavy atom. The van der Waals surface area contributed by atoms with Crippen molar-refractivity contribution in [2.75, 3.05) is 39.4 Å². The summed E-state index contributed by atoms with van der Waals surface area (Å²) in [7, 11) is 0. The summed E-state index contributed by atoms with van der Waals surface area (Å²) in [4.78, 5) is 2.54. The first-order valence-corrected chi connectivity index (χ1v) is 6.43. The van der Waals surface area contributed by atoms with E-state index in [2.05, 4.69) is 4.90 Å². The van der Waals surface area contributed by atoms with Gasteiger partial charge in [0, 0.05) is 19.7 Å². The Labute approximate surface area is 94.0 Å². The number of hydrogen-bond donors (Lipinski definition) is 1. The van der Waals surface area contributed by atoms with Gasteiger partial charge in [0.25, 0.3) is 0 Å². The van der Waals surface area contributed by atoms with E-state index in [0.717, 1.165) is 26.3 Å². The average molecular weight is 214 g/mol. The number of hydrogen-bond acceptors (Lipinski definition) is 3. The van der Waals surface area contributed by atoms with Gasteiger partial charge in [-0.1, -0.05) is 19.3 Å². The standard InChI is InChI=1S/C12H26N2O/c13-7-4-2-1-3-5-8-14-9-6-11-15-12-10-14/h1-13H2. The third-order valence-corrected chi connectivity index (χ3v) is 2.99. The average Bonchev–Trinajstić information content (AvgIpc) is 2.52. The molecule has 0 aromatic heterocycles. The van der Waals surface area contributed by atoms with Gasteiger partial charge in [0.15, 0.2) is 0 Å². The minimum absolute atomic E-state index is 0.851. The summed E-state index contributed by atoms with van der Waals surface area (Å²) in [5.74, 6) is 0. The number of unbranched alkanes of at least 4 members (excludes halogenated alkanes) is 4. The van der Waals surface area contributed by atoms with E-state index in [0.29, 0.717) is 0 Å². The van der Waals surface area contributed by atoms with Crippen LogP contribution >= 0.6 is 0 Å². The monoisotopic (exact) mass is 214 g/mol. The molecule has 0 atom stereocenters. The van der Waals surface area contributed by atoms with E-state index >= 15 is 0 Å². The molecule has 1 heterocycles. The third-order valence-electron chi connectivity index (χ3n) is 2.99. The first-order chi connectivity index (χ1) is 7.43. The van der Waals surface area contributed by atoms with Crippen molar-refractivity contribution in [3.63, 3.8) is 0 Å². The smallest absolute Gasteiger partial charge is 0.0593 e. The summed E-state index contributed by atoms with van der Waals surface area (Å²) in [6.07, 6.45) is 7.74. The first-order valence-electron chi connectivity index (χ1n) is 6.43. The molecule has 0 unspecified atom stereocenters. The second kappa shape index (κ2) is 9.13. The SMILES string of the molecule is NCCCCCCCN1CCCOCC1. The Kier molecular flexibility index (Phi) is 7.88. The Morgan fingerprint density at radius 2 is 1.73 bits per heavy atom. The highest BCUT2D eigenvalue weighted by molar-refractivity contribution is 4.61. The zero-order chi connectivity index (χ0) is 10.8. The van der Waals surface area contributed by atoms with Crippen LogP contribution in [0.15, 0.2) is 0 Å². The van der Waals surface area contributed by atoms with Gasteiger partial charge in [-0.3, -0.25) is 0 Å². The fraction of sp³-hybridized carbons (Fsp3) is 1.00. The van der Waals surface area contributed by atoms with E-state index in [1.165, 1.54) is 51.6 Å². The largest absolute Gasteiger partial charge is 0.380 e. The normalized spacial score (nSPS) is 19.0. The summed E-state index contributed by atoms with van der Waals surface area (Å²) in [6, 6.07) is 0. The molecule has 0 saturated carbocycles. The highest BCUT2D eigenvalue weighted by Gasteiger charge is 2.07. The van der Waals surface area contributed by atoms with Crippen LogP contribution < -0.4 is 5.73 Å². The molecule has 1 fully saturated rings. The van der Waals surface area contributed by atoms with Crippen LogP contribution in [0, 0.1) is 0 Å². The van der Waals surface area contributed by atoms with Crippen molar-refractivity contribution in [1.29, 1.82) is 0 Å². The lowest BCUT2D eigenvalue weighted by Crippen LogP contribution is -2.27. The van der Waals surface area contributed by atoms with Crippen LogP contribution in [-0.2, 0) is 4.74 Å². The predicted molar refractivity (Wildman–Crippen MR) is 64.0 cm³/mol. The van der Waals surface area contributed by atoms with Crippen molar-refractivity contribution in [2.24, 2.45) is 5.73 Å². The van der Waals surface area contributed by atoms with Gasteiger partial charge in [0.05, 0.1) is 6.61 Å². The zero-order valence-corrected chi connectivity index (χ0v) is 9.92. The van der Waals surface area contributed by atoms with Crippen LogP contribution in [0.1, 0.15) is 38.5 Å². The van der Waals surface area contributed by atoms with Crippen molar-refractivity contribution in [1.82, 2.24) is 4.90 Å². The number of nitrogens with zero attached hydrogens (tertiary/aromatic N) is 1. The minimum Gasteiger partial charge on any atom is -0.380 e. The van der Waals surface area contributed by atoms with E-state index in [-0.39, 0.29) is 0 Å². The third kappa shape index (κ3) is 6.88. The number of nitrogens with two attached hydrogens (primary N) is 1. The fourth-order valence-electron chi connectivity index (χ4n) is 2.03. The molecule has 2 N–H and O–H groups in total. The summed E-state index contributed by atoms with van der Waals surface area (Å²) in [5.41, 5.74) is 5.46. The van der Waals surface area contributed by atoms with E-state index in [1.807, 2.05) is 0 Å². The van der Waals surface area contributed by atoms with E-state index < -0.39 is 0 Å². The Bertz CT molecular complexity index is 134. The molecule has 0 aromatic rings. The van der Waals surface area contributed by atoms with Gasteiger partial charge in [-0.05, 0) is 32.4 Å². The molecule has 0 radical (unpaired) electrons. The van der Waals surface area contributed by atoms with Gasteiger partial charge in [0.1, 0.15) is 0 Å². The molecule has 1 aliphatic rings. The Morgan fingerprint density at radius 3 is 2.60 bits per heavy atom. The molecule has 0 bridgehead atoms. The number of rotatable bonds is 7. The molecule has 15 heavy (non-hydrogen) atoms. The molecule has 0 aromatic carbocycles. The van der Waals surface area contributed by atoms with Crippen molar-refractivity contribution >= 4 is 0 Å². The Hall–Kier alpha value is -0.120. The van der Waals surface area contributed by atoms with Gasteiger partial charge in [-0.25, -0.2) is 0 Å². The van der Waals surface area contributed by atoms with Gasteiger partial charge >= 0.3 is 0 Å². The molecular weight excluding hydrogens is 188 g/mol. The molecule has 0 spiro atoms. The highest BCUT2D eigenvalue weighted by Crippen LogP contribution is 2.05. The van der Waals surface area contributed by atoms with Crippen LogP contribution in [0.25, 0.3) is 0 Å². The lowest BCUT2D eigenvalue weighted by molar-refractivity contribution is 0.141.